The Morgan fingerprint density at radius 2 is 2.00 bits per heavy atom. The van der Waals surface area contributed by atoms with Gasteiger partial charge in [0.25, 0.3) is 5.91 Å². The summed E-state index contributed by atoms with van der Waals surface area (Å²) >= 11 is 0. The number of allylic oxidation sites excluding steroid dienone is 1. The number of amides is 1. The van der Waals surface area contributed by atoms with Gasteiger partial charge in [0.2, 0.25) is 0 Å². The number of sulfone groups is 1. The van der Waals surface area contributed by atoms with Gasteiger partial charge in [-0.15, -0.1) is 0 Å². The van der Waals surface area contributed by atoms with Crippen molar-refractivity contribution in [1.29, 1.82) is 0 Å². The molecule has 2 heterocycles. The first-order valence-corrected chi connectivity index (χ1v) is 12.4. The Balaban J connectivity index is 1.50. The van der Waals surface area contributed by atoms with Crippen LogP contribution < -0.4 is 5.32 Å². The standard InChI is InChI=1S/C23H29N3O3S/c1-2-26(23(27)21-15-22-20(25-21)12-7-13-30(22,28)29)19-11-6-10-18(14-19)24-16-17-8-4-3-5-9-17/h3-5,8-9,14-15,19,24-25H,2,6-7,10-13,16H2,1H3/t19-/m0/s1. The SMILES string of the molecule is CCN(C(=O)c1cc2c([nH]1)CCCS2(=O)=O)[C@@H]1C=C(NCc2ccccc2)CCC1. The minimum atomic E-state index is -3.28. The van der Waals surface area contributed by atoms with Crippen LogP contribution in [0.5, 0.6) is 0 Å². The zero-order valence-electron chi connectivity index (χ0n) is 17.4. The van der Waals surface area contributed by atoms with Crippen LogP contribution in [-0.2, 0) is 22.8 Å². The quantitative estimate of drug-likeness (QED) is 0.740. The van der Waals surface area contributed by atoms with Crippen LogP contribution in [0.1, 0.15) is 54.4 Å². The first-order valence-electron chi connectivity index (χ1n) is 10.7. The van der Waals surface area contributed by atoms with Gasteiger partial charge in [0.05, 0.1) is 16.7 Å². The highest BCUT2D eigenvalue weighted by atomic mass is 32.2. The fourth-order valence-electron chi connectivity index (χ4n) is 4.39. The number of aromatic amines is 1. The van der Waals surface area contributed by atoms with Gasteiger partial charge in [0.1, 0.15) is 5.69 Å². The number of likely N-dealkylation sites (N-methyl/N-ethyl adjacent to an activating group) is 1. The molecule has 30 heavy (non-hydrogen) atoms. The average molecular weight is 428 g/mol. The lowest BCUT2D eigenvalue weighted by molar-refractivity contribution is 0.0705. The average Bonchev–Trinajstić information content (AvgIpc) is 3.20. The van der Waals surface area contributed by atoms with E-state index in [4.69, 9.17) is 0 Å². The van der Waals surface area contributed by atoms with E-state index in [0.29, 0.717) is 35.7 Å². The van der Waals surface area contributed by atoms with Gasteiger partial charge in [-0.25, -0.2) is 8.42 Å². The predicted octanol–water partition coefficient (Wildman–Crippen LogP) is 3.42. The molecule has 0 spiro atoms. The maximum absolute atomic E-state index is 13.2. The van der Waals surface area contributed by atoms with Crippen molar-refractivity contribution in [2.24, 2.45) is 0 Å². The lowest BCUT2D eigenvalue weighted by Gasteiger charge is -2.32. The number of rotatable bonds is 6. The molecule has 7 heteroatoms. The number of carbonyl (C=O) groups is 1. The second-order valence-corrected chi connectivity index (χ2v) is 10.1. The molecule has 0 unspecified atom stereocenters. The third-order valence-corrected chi connectivity index (χ3v) is 7.83. The summed E-state index contributed by atoms with van der Waals surface area (Å²) in [5.74, 6) is 0.0257. The Morgan fingerprint density at radius 3 is 2.73 bits per heavy atom. The molecular weight excluding hydrogens is 398 g/mol. The molecule has 2 aromatic rings. The number of nitrogens with zero attached hydrogens (tertiary/aromatic N) is 1. The largest absolute Gasteiger partial charge is 0.384 e. The summed E-state index contributed by atoms with van der Waals surface area (Å²) in [5, 5.41) is 3.51. The molecule has 0 radical (unpaired) electrons. The van der Waals surface area contributed by atoms with E-state index in [0.717, 1.165) is 31.5 Å². The summed E-state index contributed by atoms with van der Waals surface area (Å²) < 4.78 is 24.6. The third kappa shape index (κ3) is 4.31. The maximum Gasteiger partial charge on any atom is 0.270 e. The van der Waals surface area contributed by atoms with Crippen molar-refractivity contribution in [3.63, 3.8) is 0 Å². The maximum atomic E-state index is 13.2. The Bertz CT molecular complexity index is 1040. The van der Waals surface area contributed by atoms with E-state index in [9.17, 15) is 13.2 Å². The molecule has 0 bridgehead atoms. The number of hydrogen-bond acceptors (Lipinski definition) is 4. The van der Waals surface area contributed by atoms with Gasteiger partial charge < -0.3 is 15.2 Å². The summed E-state index contributed by atoms with van der Waals surface area (Å²) in [7, 11) is -3.28. The van der Waals surface area contributed by atoms with Crippen molar-refractivity contribution < 1.29 is 13.2 Å². The van der Waals surface area contributed by atoms with Gasteiger partial charge in [0.15, 0.2) is 9.84 Å². The van der Waals surface area contributed by atoms with Gasteiger partial charge in [-0.05, 0) is 56.7 Å². The second-order valence-electron chi connectivity index (χ2n) is 8.03. The lowest BCUT2D eigenvalue weighted by atomic mass is 9.98. The number of hydrogen-bond donors (Lipinski definition) is 2. The van der Waals surface area contributed by atoms with Crippen LogP contribution >= 0.6 is 0 Å². The van der Waals surface area contributed by atoms with E-state index in [1.165, 1.54) is 11.6 Å². The van der Waals surface area contributed by atoms with Crippen LogP contribution in [0.4, 0.5) is 0 Å². The minimum absolute atomic E-state index is 0.00598. The summed E-state index contributed by atoms with van der Waals surface area (Å²) in [6, 6.07) is 11.8. The number of aromatic nitrogens is 1. The van der Waals surface area contributed by atoms with Crippen LogP contribution in [0.3, 0.4) is 0 Å². The number of nitrogens with one attached hydrogen (secondary N) is 2. The van der Waals surface area contributed by atoms with Crippen LogP contribution in [0.25, 0.3) is 0 Å². The smallest absolute Gasteiger partial charge is 0.270 e. The predicted molar refractivity (Wildman–Crippen MR) is 117 cm³/mol. The van der Waals surface area contributed by atoms with Crippen LogP contribution in [0, 0.1) is 0 Å². The van der Waals surface area contributed by atoms with Crippen molar-refractivity contribution in [2.75, 3.05) is 12.3 Å². The van der Waals surface area contributed by atoms with Crippen LogP contribution in [0.2, 0.25) is 0 Å². The van der Waals surface area contributed by atoms with Gasteiger partial charge in [0, 0.05) is 24.5 Å². The molecule has 160 valence electrons. The molecule has 1 aromatic carbocycles. The fraction of sp³-hybridized carbons (Fsp3) is 0.435. The fourth-order valence-corrected chi connectivity index (χ4v) is 5.96. The normalized spacial score (nSPS) is 20.2. The molecule has 0 fully saturated rings. The van der Waals surface area contributed by atoms with Gasteiger partial charge >= 0.3 is 0 Å². The van der Waals surface area contributed by atoms with E-state index < -0.39 is 9.84 Å². The van der Waals surface area contributed by atoms with Crippen LogP contribution in [0.15, 0.2) is 53.1 Å². The Hall–Kier alpha value is -2.54. The molecule has 1 aromatic heterocycles. The first-order chi connectivity index (χ1) is 14.5. The lowest BCUT2D eigenvalue weighted by Crippen LogP contribution is -2.41. The van der Waals surface area contributed by atoms with Gasteiger partial charge in [-0.3, -0.25) is 4.79 Å². The Labute approximate surface area is 178 Å². The second kappa shape index (κ2) is 8.68. The van der Waals surface area contributed by atoms with Crippen LogP contribution in [-0.4, -0.2) is 42.5 Å². The van der Waals surface area contributed by atoms with E-state index in [-0.39, 0.29) is 17.7 Å². The molecule has 4 rings (SSSR count). The molecule has 1 atom stereocenters. The topological polar surface area (TPSA) is 82.3 Å². The highest BCUT2D eigenvalue weighted by molar-refractivity contribution is 7.91. The number of H-pyrrole nitrogens is 1. The first kappa shape index (κ1) is 20.7. The summed E-state index contributed by atoms with van der Waals surface area (Å²) in [5.41, 5.74) is 3.44. The molecule has 6 nitrogen and oxygen atoms in total. The number of benzene rings is 1. The molecule has 2 aliphatic rings. The summed E-state index contributed by atoms with van der Waals surface area (Å²) in [4.78, 5) is 18.5. The zero-order valence-corrected chi connectivity index (χ0v) is 18.2. The van der Waals surface area contributed by atoms with E-state index in [1.807, 2.05) is 30.0 Å². The van der Waals surface area contributed by atoms with Gasteiger partial charge in [-0.1, -0.05) is 30.3 Å². The monoisotopic (exact) mass is 427 g/mol. The summed E-state index contributed by atoms with van der Waals surface area (Å²) in [6.45, 7) is 3.31. The highest BCUT2D eigenvalue weighted by Gasteiger charge is 2.30. The van der Waals surface area contributed by atoms with Crippen molar-refractivity contribution in [1.82, 2.24) is 15.2 Å². The molecule has 1 aliphatic heterocycles. The molecule has 1 aliphatic carbocycles. The van der Waals surface area contributed by atoms with Crippen molar-refractivity contribution >= 4 is 15.7 Å². The Morgan fingerprint density at radius 1 is 1.20 bits per heavy atom. The number of fused-ring (bicyclic) bond motifs is 1. The molecule has 2 N–H and O–H groups in total. The third-order valence-electron chi connectivity index (χ3n) is 5.97. The highest BCUT2D eigenvalue weighted by Crippen LogP contribution is 2.28. The van der Waals surface area contributed by atoms with E-state index in [2.05, 4.69) is 28.5 Å². The number of aryl methyl sites for hydroxylation is 1. The summed E-state index contributed by atoms with van der Waals surface area (Å²) in [6.07, 6.45) is 6.33. The minimum Gasteiger partial charge on any atom is -0.384 e. The van der Waals surface area contributed by atoms with E-state index in [1.54, 1.807) is 0 Å². The molecule has 0 saturated carbocycles. The molecule has 0 saturated heterocycles. The number of carbonyl (C=O) groups excluding carboxylic acids is 1. The Kier molecular flexibility index (Phi) is 5.99. The van der Waals surface area contributed by atoms with Crippen molar-refractivity contribution in [3.05, 3.63) is 65.1 Å². The molecular formula is C23H29N3O3S. The van der Waals surface area contributed by atoms with Crippen molar-refractivity contribution in [3.8, 4) is 0 Å². The van der Waals surface area contributed by atoms with Gasteiger partial charge in [-0.2, -0.15) is 0 Å². The molecule has 1 amide bonds. The van der Waals surface area contributed by atoms with E-state index >= 15 is 0 Å². The zero-order chi connectivity index (χ0) is 21.1. The van der Waals surface area contributed by atoms with Crippen molar-refractivity contribution in [2.45, 2.75) is 56.5 Å².